The average molecular weight is 262 g/mol. The molecule has 1 amide bonds. The van der Waals surface area contributed by atoms with Gasteiger partial charge in [0.25, 0.3) is 0 Å². The fraction of sp³-hybridized carbons (Fsp3) is 0.500. The SMILES string of the molecule is CC1CC(C(=O)O)CCN1C(=O)Cc1cccnc1. The zero-order valence-corrected chi connectivity index (χ0v) is 11.0. The van der Waals surface area contributed by atoms with E-state index in [2.05, 4.69) is 4.98 Å². The summed E-state index contributed by atoms with van der Waals surface area (Å²) in [6.07, 6.45) is 4.77. The molecule has 0 aromatic carbocycles. The molecule has 2 atom stereocenters. The molecule has 1 fully saturated rings. The number of piperidine rings is 1. The van der Waals surface area contributed by atoms with Crippen molar-refractivity contribution in [2.24, 2.45) is 5.92 Å². The van der Waals surface area contributed by atoms with Crippen LogP contribution in [0.15, 0.2) is 24.5 Å². The van der Waals surface area contributed by atoms with Crippen LogP contribution in [-0.4, -0.2) is 39.5 Å². The maximum atomic E-state index is 12.2. The molecule has 19 heavy (non-hydrogen) atoms. The van der Waals surface area contributed by atoms with Gasteiger partial charge in [-0.2, -0.15) is 0 Å². The zero-order chi connectivity index (χ0) is 13.8. The number of rotatable bonds is 3. The van der Waals surface area contributed by atoms with E-state index in [0.717, 1.165) is 5.56 Å². The molecule has 0 spiro atoms. The minimum absolute atomic E-state index is 0.0148. The number of aliphatic carboxylic acids is 1. The zero-order valence-electron chi connectivity index (χ0n) is 11.0. The van der Waals surface area contributed by atoms with E-state index in [1.54, 1.807) is 17.3 Å². The van der Waals surface area contributed by atoms with Crippen molar-refractivity contribution in [2.45, 2.75) is 32.2 Å². The fourth-order valence-corrected chi connectivity index (χ4v) is 2.55. The first-order valence-electron chi connectivity index (χ1n) is 6.49. The molecule has 0 aliphatic carbocycles. The summed E-state index contributed by atoms with van der Waals surface area (Å²) in [7, 11) is 0. The van der Waals surface area contributed by atoms with Gasteiger partial charge in [-0.3, -0.25) is 14.6 Å². The van der Waals surface area contributed by atoms with Crippen LogP contribution in [0.25, 0.3) is 0 Å². The van der Waals surface area contributed by atoms with Gasteiger partial charge >= 0.3 is 5.97 Å². The van der Waals surface area contributed by atoms with Crippen molar-refractivity contribution < 1.29 is 14.7 Å². The highest BCUT2D eigenvalue weighted by Gasteiger charge is 2.31. The number of carboxylic acid groups (broad SMARTS) is 1. The van der Waals surface area contributed by atoms with Gasteiger partial charge in [-0.05, 0) is 31.4 Å². The second kappa shape index (κ2) is 5.82. The van der Waals surface area contributed by atoms with E-state index in [1.165, 1.54) is 0 Å². The van der Waals surface area contributed by atoms with Crippen LogP contribution in [0.3, 0.4) is 0 Å². The van der Waals surface area contributed by atoms with Crippen molar-refractivity contribution >= 4 is 11.9 Å². The molecule has 0 saturated carbocycles. The third-order valence-electron chi connectivity index (χ3n) is 3.62. The van der Waals surface area contributed by atoms with Crippen LogP contribution >= 0.6 is 0 Å². The summed E-state index contributed by atoms with van der Waals surface area (Å²) in [6, 6.07) is 3.67. The van der Waals surface area contributed by atoms with E-state index in [-0.39, 0.29) is 17.9 Å². The molecule has 2 unspecified atom stereocenters. The molecule has 5 heteroatoms. The minimum atomic E-state index is -0.758. The van der Waals surface area contributed by atoms with Gasteiger partial charge in [-0.15, -0.1) is 0 Å². The van der Waals surface area contributed by atoms with E-state index >= 15 is 0 Å². The van der Waals surface area contributed by atoms with Crippen LogP contribution in [0.5, 0.6) is 0 Å². The lowest BCUT2D eigenvalue weighted by atomic mass is 9.91. The van der Waals surface area contributed by atoms with Gasteiger partial charge in [0.15, 0.2) is 0 Å². The number of amides is 1. The molecule has 1 aromatic heterocycles. The predicted molar refractivity (Wildman–Crippen MR) is 69.5 cm³/mol. The average Bonchev–Trinajstić information content (AvgIpc) is 2.39. The van der Waals surface area contributed by atoms with Crippen molar-refractivity contribution in [3.63, 3.8) is 0 Å². The number of hydrogen-bond acceptors (Lipinski definition) is 3. The lowest BCUT2D eigenvalue weighted by molar-refractivity contribution is -0.147. The summed E-state index contributed by atoms with van der Waals surface area (Å²) >= 11 is 0. The Bertz CT molecular complexity index is 461. The first-order chi connectivity index (χ1) is 9.08. The smallest absolute Gasteiger partial charge is 0.306 e. The van der Waals surface area contributed by atoms with Crippen molar-refractivity contribution in [1.29, 1.82) is 0 Å². The van der Waals surface area contributed by atoms with Crippen LogP contribution in [0.2, 0.25) is 0 Å². The Morgan fingerprint density at radius 1 is 1.53 bits per heavy atom. The number of carbonyl (C=O) groups excluding carboxylic acids is 1. The number of hydrogen-bond donors (Lipinski definition) is 1. The summed E-state index contributed by atoms with van der Waals surface area (Å²) in [5.74, 6) is -1.03. The van der Waals surface area contributed by atoms with Crippen molar-refractivity contribution in [2.75, 3.05) is 6.54 Å². The first-order valence-corrected chi connectivity index (χ1v) is 6.49. The molecule has 1 aromatic rings. The lowest BCUT2D eigenvalue weighted by Gasteiger charge is -2.36. The number of nitrogens with zero attached hydrogens (tertiary/aromatic N) is 2. The van der Waals surface area contributed by atoms with Gasteiger partial charge < -0.3 is 10.0 Å². The van der Waals surface area contributed by atoms with Gasteiger partial charge in [-0.25, -0.2) is 0 Å². The van der Waals surface area contributed by atoms with Gasteiger partial charge in [0.2, 0.25) is 5.91 Å². The summed E-state index contributed by atoms with van der Waals surface area (Å²) in [5.41, 5.74) is 0.889. The molecule has 1 N–H and O–H groups in total. The Kier molecular flexibility index (Phi) is 4.14. The predicted octanol–water partition coefficient (Wildman–Crippen LogP) is 1.34. The third-order valence-corrected chi connectivity index (χ3v) is 3.62. The Labute approximate surface area is 112 Å². The van der Waals surface area contributed by atoms with Crippen molar-refractivity contribution in [3.05, 3.63) is 30.1 Å². The molecule has 102 valence electrons. The molecule has 1 aliphatic rings. The first kappa shape index (κ1) is 13.5. The lowest BCUT2D eigenvalue weighted by Crippen LogP contribution is -2.46. The quantitative estimate of drug-likeness (QED) is 0.892. The number of likely N-dealkylation sites (tertiary alicyclic amines) is 1. The highest BCUT2D eigenvalue weighted by Crippen LogP contribution is 2.23. The van der Waals surface area contributed by atoms with Gasteiger partial charge in [0.1, 0.15) is 0 Å². The van der Waals surface area contributed by atoms with Crippen molar-refractivity contribution in [1.82, 2.24) is 9.88 Å². The van der Waals surface area contributed by atoms with Crippen LogP contribution < -0.4 is 0 Å². The Hall–Kier alpha value is -1.91. The van der Waals surface area contributed by atoms with Gasteiger partial charge in [0, 0.05) is 25.0 Å². The molecule has 5 nitrogen and oxygen atoms in total. The molecular weight excluding hydrogens is 244 g/mol. The maximum absolute atomic E-state index is 12.2. The molecule has 0 bridgehead atoms. The summed E-state index contributed by atoms with van der Waals surface area (Å²) < 4.78 is 0. The largest absolute Gasteiger partial charge is 0.481 e. The Morgan fingerprint density at radius 2 is 2.32 bits per heavy atom. The molecule has 1 saturated heterocycles. The number of carbonyl (C=O) groups is 2. The second-order valence-corrected chi connectivity index (χ2v) is 5.03. The highest BCUT2D eigenvalue weighted by molar-refractivity contribution is 5.79. The van der Waals surface area contributed by atoms with E-state index in [1.807, 2.05) is 19.1 Å². The van der Waals surface area contributed by atoms with Crippen LogP contribution in [0, 0.1) is 5.92 Å². The van der Waals surface area contributed by atoms with E-state index in [4.69, 9.17) is 5.11 Å². The molecule has 1 aliphatic heterocycles. The fourth-order valence-electron chi connectivity index (χ4n) is 2.55. The minimum Gasteiger partial charge on any atom is -0.481 e. The van der Waals surface area contributed by atoms with E-state index in [0.29, 0.717) is 25.8 Å². The Balaban J connectivity index is 1.95. The van der Waals surface area contributed by atoms with Crippen LogP contribution in [0.4, 0.5) is 0 Å². The monoisotopic (exact) mass is 262 g/mol. The van der Waals surface area contributed by atoms with Crippen molar-refractivity contribution in [3.8, 4) is 0 Å². The number of carboxylic acids is 1. The summed E-state index contributed by atoms with van der Waals surface area (Å²) in [6.45, 7) is 2.44. The van der Waals surface area contributed by atoms with E-state index < -0.39 is 5.97 Å². The van der Waals surface area contributed by atoms with E-state index in [9.17, 15) is 9.59 Å². The highest BCUT2D eigenvalue weighted by atomic mass is 16.4. The normalized spacial score (nSPS) is 23.1. The summed E-state index contributed by atoms with van der Waals surface area (Å²) in [5, 5.41) is 9.00. The molecular formula is C14H18N2O3. The standard InChI is InChI=1S/C14H18N2O3/c1-10-7-12(14(18)19)4-6-16(10)13(17)8-11-3-2-5-15-9-11/h2-3,5,9-10,12H,4,6-8H2,1H3,(H,18,19). The van der Waals surface area contributed by atoms with Crippen LogP contribution in [-0.2, 0) is 16.0 Å². The number of pyridine rings is 1. The molecule has 2 rings (SSSR count). The van der Waals surface area contributed by atoms with Gasteiger partial charge in [-0.1, -0.05) is 6.07 Å². The third kappa shape index (κ3) is 3.30. The van der Waals surface area contributed by atoms with Gasteiger partial charge in [0.05, 0.1) is 12.3 Å². The second-order valence-electron chi connectivity index (χ2n) is 5.03. The number of aromatic nitrogens is 1. The molecule has 0 radical (unpaired) electrons. The molecule has 2 heterocycles. The summed E-state index contributed by atoms with van der Waals surface area (Å²) in [4.78, 5) is 28.9. The Morgan fingerprint density at radius 3 is 2.89 bits per heavy atom. The topological polar surface area (TPSA) is 70.5 Å². The maximum Gasteiger partial charge on any atom is 0.306 e. The van der Waals surface area contributed by atoms with Crippen LogP contribution in [0.1, 0.15) is 25.3 Å².